The smallest absolute Gasteiger partial charge is 0.270 e. The van der Waals surface area contributed by atoms with Gasteiger partial charge in [-0.05, 0) is 43.0 Å². The van der Waals surface area contributed by atoms with Gasteiger partial charge in [0.25, 0.3) is 11.5 Å². The Morgan fingerprint density at radius 1 is 1.09 bits per heavy atom. The van der Waals surface area contributed by atoms with Gasteiger partial charge in [0.05, 0.1) is 12.2 Å². The number of pyridine rings is 2. The van der Waals surface area contributed by atoms with Crippen molar-refractivity contribution in [2.24, 2.45) is 0 Å². The Bertz CT molecular complexity index is 1360. The van der Waals surface area contributed by atoms with E-state index in [9.17, 15) is 14.0 Å². The Morgan fingerprint density at radius 2 is 1.97 bits per heavy atom. The van der Waals surface area contributed by atoms with Gasteiger partial charge in [0.2, 0.25) is 0 Å². The number of nitrogens with one attached hydrogen (secondary N) is 2. The molecule has 1 amide bonds. The number of aromatic nitrogens is 4. The van der Waals surface area contributed by atoms with Crippen LogP contribution in [0.5, 0.6) is 0 Å². The molecule has 2 N–H and O–H groups in total. The van der Waals surface area contributed by atoms with Crippen molar-refractivity contribution in [2.45, 2.75) is 38.0 Å². The molecule has 5 rings (SSSR count). The number of nitrogens with zero attached hydrogens (tertiary/aromatic N) is 4. The molecule has 8 nitrogen and oxygen atoms in total. The minimum absolute atomic E-state index is 0.0652. The summed E-state index contributed by atoms with van der Waals surface area (Å²) in [5.41, 5.74) is 1.57. The van der Waals surface area contributed by atoms with Gasteiger partial charge in [-0.2, -0.15) is 0 Å². The Labute approximate surface area is 183 Å². The van der Waals surface area contributed by atoms with Gasteiger partial charge in [-0.25, -0.2) is 14.4 Å². The van der Waals surface area contributed by atoms with Crippen LogP contribution >= 0.6 is 0 Å². The molecule has 0 unspecified atom stereocenters. The normalized spacial score (nSPS) is 15.0. The van der Waals surface area contributed by atoms with Gasteiger partial charge in [0.15, 0.2) is 0 Å². The van der Waals surface area contributed by atoms with E-state index in [4.69, 9.17) is 0 Å². The maximum atomic E-state index is 14.1. The molecule has 32 heavy (non-hydrogen) atoms. The molecule has 1 aliphatic rings. The fourth-order valence-electron chi connectivity index (χ4n) is 3.88. The van der Waals surface area contributed by atoms with Crippen LogP contribution in [0, 0.1) is 0 Å². The number of fused-ring (bicyclic) bond motifs is 2. The highest BCUT2D eigenvalue weighted by Gasteiger charge is 2.36. The highest BCUT2D eigenvalue weighted by Crippen LogP contribution is 2.34. The van der Waals surface area contributed by atoms with Gasteiger partial charge < -0.3 is 15.0 Å². The second-order valence-electron chi connectivity index (χ2n) is 8.23. The Morgan fingerprint density at radius 3 is 2.78 bits per heavy atom. The molecule has 0 atom stereocenters. The molecular weight excluding hydrogens is 411 g/mol. The second-order valence-corrected chi connectivity index (χ2v) is 8.23. The summed E-state index contributed by atoms with van der Waals surface area (Å²) in [5.74, 6) is -0.438. The van der Waals surface area contributed by atoms with Gasteiger partial charge in [0, 0.05) is 37.7 Å². The van der Waals surface area contributed by atoms with E-state index in [-0.39, 0.29) is 17.8 Å². The maximum absolute atomic E-state index is 14.1. The number of carbonyl (C=O) groups excluding carboxylic acids is 1. The first kappa shape index (κ1) is 20.3. The van der Waals surface area contributed by atoms with Crippen LogP contribution in [0.3, 0.4) is 0 Å². The number of imidazole rings is 1. The van der Waals surface area contributed by atoms with E-state index in [0.717, 1.165) is 17.6 Å². The zero-order chi connectivity index (χ0) is 22.1. The van der Waals surface area contributed by atoms with Crippen LogP contribution in [0.1, 0.15) is 41.0 Å². The van der Waals surface area contributed by atoms with Crippen molar-refractivity contribution in [1.29, 1.82) is 0 Å². The van der Waals surface area contributed by atoms with Crippen LogP contribution in [0.2, 0.25) is 0 Å². The lowest BCUT2D eigenvalue weighted by atomic mass is 9.82. The lowest BCUT2D eigenvalue weighted by Gasteiger charge is -2.33. The zero-order valence-corrected chi connectivity index (χ0v) is 17.4. The predicted molar refractivity (Wildman–Crippen MR) is 117 cm³/mol. The molecule has 0 radical (unpaired) electrons. The van der Waals surface area contributed by atoms with Crippen molar-refractivity contribution in [2.75, 3.05) is 6.54 Å². The number of hydrogen-bond donors (Lipinski definition) is 2. The lowest BCUT2D eigenvalue weighted by Crippen LogP contribution is -2.42. The van der Waals surface area contributed by atoms with Crippen LogP contribution in [0.15, 0.2) is 59.8 Å². The minimum Gasteiger partial charge on any atom is -0.345 e. The van der Waals surface area contributed by atoms with Crippen molar-refractivity contribution in [3.63, 3.8) is 0 Å². The minimum atomic E-state index is -1.05. The average molecular weight is 434 g/mol. The van der Waals surface area contributed by atoms with Crippen molar-refractivity contribution in [3.05, 3.63) is 82.3 Å². The quantitative estimate of drug-likeness (QED) is 0.466. The fraction of sp³-hybridized carbons (Fsp3) is 0.304. The third-order valence-corrected chi connectivity index (χ3v) is 5.82. The lowest BCUT2D eigenvalue weighted by molar-refractivity contribution is 0.0630. The molecule has 0 aliphatic heterocycles. The van der Waals surface area contributed by atoms with Crippen LogP contribution in [0.25, 0.3) is 11.3 Å². The first-order valence-corrected chi connectivity index (χ1v) is 10.6. The average Bonchev–Trinajstić information content (AvgIpc) is 3.18. The molecule has 1 saturated carbocycles. The van der Waals surface area contributed by atoms with Crippen LogP contribution in [-0.4, -0.2) is 36.9 Å². The van der Waals surface area contributed by atoms with Gasteiger partial charge >= 0.3 is 0 Å². The van der Waals surface area contributed by atoms with E-state index in [2.05, 4.69) is 20.6 Å². The van der Waals surface area contributed by atoms with Crippen molar-refractivity contribution in [1.82, 2.24) is 29.4 Å². The van der Waals surface area contributed by atoms with E-state index >= 15 is 0 Å². The molecule has 1 fully saturated rings. The largest absolute Gasteiger partial charge is 0.345 e. The molecule has 164 valence electrons. The third-order valence-electron chi connectivity index (χ3n) is 5.82. The molecule has 0 spiro atoms. The van der Waals surface area contributed by atoms with Crippen molar-refractivity contribution >= 4 is 17.2 Å². The summed E-state index contributed by atoms with van der Waals surface area (Å²) in [6.07, 6.45) is 7.63. The number of hydrogen-bond acceptors (Lipinski definition) is 5. The van der Waals surface area contributed by atoms with E-state index in [0.29, 0.717) is 37.3 Å². The van der Waals surface area contributed by atoms with Crippen LogP contribution in [0.4, 0.5) is 4.39 Å². The summed E-state index contributed by atoms with van der Waals surface area (Å²) < 4.78 is 17.4. The monoisotopic (exact) mass is 434 g/mol. The summed E-state index contributed by atoms with van der Waals surface area (Å²) in [6, 6.07) is 10.2. The van der Waals surface area contributed by atoms with E-state index in [1.54, 1.807) is 24.4 Å². The molecule has 0 bridgehead atoms. The van der Waals surface area contributed by atoms with Crippen LogP contribution < -0.4 is 16.2 Å². The van der Waals surface area contributed by atoms with Gasteiger partial charge in [0.1, 0.15) is 22.7 Å². The molecule has 0 aromatic carbocycles. The highest BCUT2D eigenvalue weighted by atomic mass is 19.1. The molecule has 1 aliphatic carbocycles. The first-order valence-electron chi connectivity index (χ1n) is 10.6. The zero-order valence-electron chi connectivity index (χ0n) is 17.4. The predicted octanol–water partition coefficient (Wildman–Crippen LogP) is 2.25. The molecule has 9 heteroatoms. The molecule has 4 aromatic rings. The van der Waals surface area contributed by atoms with Gasteiger partial charge in [-0.1, -0.05) is 12.1 Å². The number of carbonyl (C=O) groups is 1. The fourth-order valence-corrected chi connectivity index (χ4v) is 3.88. The summed E-state index contributed by atoms with van der Waals surface area (Å²) in [6.45, 7) is 1.15. The summed E-state index contributed by atoms with van der Waals surface area (Å²) in [7, 11) is 0. The first-order chi connectivity index (χ1) is 15.5. The van der Waals surface area contributed by atoms with Gasteiger partial charge in [-0.15, -0.1) is 0 Å². The molecule has 0 saturated heterocycles. The molecule has 4 heterocycles. The Kier molecular flexibility index (Phi) is 5.18. The highest BCUT2D eigenvalue weighted by molar-refractivity contribution is 5.92. The number of amides is 1. The third kappa shape index (κ3) is 4.11. The van der Waals surface area contributed by atoms with E-state index in [1.165, 1.54) is 10.5 Å². The summed E-state index contributed by atoms with van der Waals surface area (Å²) >= 11 is 0. The molecule has 4 aromatic heterocycles. The van der Waals surface area contributed by atoms with Crippen molar-refractivity contribution in [3.8, 4) is 0 Å². The summed E-state index contributed by atoms with van der Waals surface area (Å²) in [4.78, 5) is 33.5. The number of rotatable bonds is 7. The van der Waals surface area contributed by atoms with Gasteiger partial charge in [-0.3, -0.25) is 14.0 Å². The SMILES string of the molecule is O=C(NCc1cn2cc(CNCC3(F)CCC3)ccc2n1)c1cc(=O)n2ccccc2n1. The number of halogens is 1. The molecular formula is C23H23FN6O2. The second kappa shape index (κ2) is 8.16. The Balaban J connectivity index is 1.23. The summed E-state index contributed by atoms with van der Waals surface area (Å²) in [5, 5.41) is 5.96. The van der Waals surface area contributed by atoms with E-state index in [1.807, 2.05) is 28.9 Å². The van der Waals surface area contributed by atoms with Crippen molar-refractivity contribution < 1.29 is 9.18 Å². The van der Waals surface area contributed by atoms with E-state index < -0.39 is 11.6 Å². The number of alkyl halides is 1. The standard InChI is InChI=1S/C23H23FN6O2/c24-23(7-3-8-23)15-25-11-16-5-6-19-27-17(14-29(19)13-16)12-26-22(32)18-10-21(31)30-9-2-1-4-20(30)28-18/h1-2,4-6,9-10,13-14,25H,3,7-8,11-12,15H2,(H,26,32). The topological polar surface area (TPSA) is 92.8 Å². The van der Waals surface area contributed by atoms with Crippen LogP contribution in [-0.2, 0) is 13.1 Å². The maximum Gasteiger partial charge on any atom is 0.270 e. The Hall–Kier alpha value is -3.59.